The van der Waals surface area contributed by atoms with Gasteiger partial charge in [-0.05, 0) is 18.4 Å². The van der Waals surface area contributed by atoms with Gasteiger partial charge < -0.3 is 5.21 Å². The van der Waals surface area contributed by atoms with E-state index in [9.17, 15) is 10.0 Å². The highest BCUT2D eigenvalue weighted by Gasteiger charge is 2.08. The number of rotatable bonds is 5. The van der Waals surface area contributed by atoms with Crippen molar-refractivity contribution in [3.8, 4) is 0 Å². The zero-order valence-electron chi connectivity index (χ0n) is 10.8. The predicted molar refractivity (Wildman–Crippen MR) is 73.9 cm³/mol. The second-order valence-electron chi connectivity index (χ2n) is 4.08. The fraction of sp³-hybridized carbons (Fsp3) is 0.143. The molecule has 0 atom stereocenters. The van der Waals surface area contributed by atoms with Gasteiger partial charge in [0.1, 0.15) is 0 Å². The van der Waals surface area contributed by atoms with E-state index in [2.05, 4.69) is 15.5 Å². The molecule has 2 aromatic rings. The van der Waals surface area contributed by atoms with Crippen molar-refractivity contribution in [2.45, 2.75) is 12.8 Å². The summed E-state index contributed by atoms with van der Waals surface area (Å²) in [6.07, 6.45) is 6.76. The number of benzene rings is 1. The van der Waals surface area contributed by atoms with Gasteiger partial charge in [-0.2, -0.15) is 9.83 Å². The van der Waals surface area contributed by atoms with E-state index in [1.165, 1.54) is 18.0 Å². The third kappa shape index (κ3) is 4.16. The summed E-state index contributed by atoms with van der Waals surface area (Å²) >= 11 is 0. The van der Waals surface area contributed by atoms with Crippen molar-refractivity contribution in [2.75, 3.05) is 0 Å². The van der Waals surface area contributed by atoms with E-state index >= 15 is 0 Å². The van der Waals surface area contributed by atoms with Crippen molar-refractivity contribution in [2.24, 2.45) is 5.10 Å². The third-order valence-electron chi connectivity index (χ3n) is 2.57. The lowest BCUT2D eigenvalue weighted by molar-refractivity contribution is -0.606. The minimum Gasteiger partial charge on any atom is -0.619 e. The van der Waals surface area contributed by atoms with Crippen molar-refractivity contribution >= 4 is 12.1 Å². The average Bonchev–Trinajstić information content (AvgIpc) is 2.48. The van der Waals surface area contributed by atoms with Gasteiger partial charge in [-0.3, -0.25) is 4.79 Å². The first kappa shape index (κ1) is 13.7. The molecule has 0 aliphatic rings. The second-order valence-corrected chi connectivity index (χ2v) is 4.08. The van der Waals surface area contributed by atoms with Crippen LogP contribution in [0, 0.1) is 5.21 Å². The summed E-state index contributed by atoms with van der Waals surface area (Å²) in [5.41, 5.74) is 3.57. The first-order valence-corrected chi connectivity index (χ1v) is 6.16. The minimum atomic E-state index is -0.508. The maximum Gasteiger partial charge on any atom is 0.296 e. The Bertz CT molecular complexity index is 599. The number of carbonyl (C=O) groups is 1. The number of hydrogen-bond acceptors (Lipinski definition) is 4. The van der Waals surface area contributed by atoms with Gasteiger partial charge in [0.15, 0.2) is 11.9 Å². The van der Waals surface area contributed by atoms with E-state index in [0.717, 1.165) is 12.6 Å². The Morgan fingerprint density at radius 1 is 1.40 bits per heavy atom. The van der Waals surface area contributed by atoms with E-state index in [1.807, 2.05) is 30.3 Å². The highest BCUT2D eigenvalue weighted by molar-refractivity contribution is 5.91. The topological polar surface area (TPSA) is 81.3 Å². The van der Waals surface area contributed by atoms with Gasteiger partial charge >= 0.3 is 0 Å². The molecule has 20 heavy (non-hydrogen) atoms. The summed E-state index contributed by atoms with van der Waals surface area (Å²) in [6.45, 7) is 0. The molecule has 6 heteroatoms. The van der Waals surface area contributed by atoms with E-state index < -0.39 is 5.91 Å². The molecule has 1 aromatic heterocycles. The predicted octanol–water partition coefficient (Wildman–Crippen LogP) is 1.06. The number of hydrogen-bond donors (Lipinski definition) is 1. The summed E-state index contributed by atoms with van der Waals surface area (Å²) < 4.78 is 0.515. The van der Waals surface area contributed by atoms with E-state index in [1.54, 1.807) is 6.21 Å². The number of aromatic nitrogens is 2. The number of amides is 1. The Morgan fingerprint density at radius 2 is 2.20 bits per heavy atom. The van der Waals surface area contributed by atoms with Gasteiger partial charge in [-0.25, -0.2) is 10.4 Å². The Kier molecular flexibility index (Phi) is 4.77. The zero-order chi connectivity index (χ0) is 14.2. The summed E-state index contributed by atoms with van der Waals surface area (Å²) in [7, 11) is 0. The molecule has 0 spiro atoms. The standard InChI is InChI=1S/C14H14N4O2/c19-14(13-11-18(20)10-9-15-13)17-16-8-4-7-12-5-2-1-3-6-12/h1-3,5-6,8-11H,4,7H2,(H,17,19)/b16-8+. The minimum absolute atomic E-state index is 0.0303. The molecule has 102 valence electrons. The van der Waals surface area contributed by atoms with Crippen LogP contribution in [0.5, 0.6) is 0 Å². The molecular formula is C14H14N4O2. The van der Waals surface area contributed by atoms with Gasteiger partial charge in [0.2, 0.25) is 6.20 Å². The second kappa shape index (κ2) is 6.98. The van der Waals surface area contributed by atoms with Crippen LogP contribution >= 0.6 is 0 Å². The molecule has 0 aliphatic heterocycles. The molecule has 1 N–H and O–H groups in total. The number of nitrogens with one attached hydrogen (secondary N) is 1. The smallest absolute Gasteiger partial charge is 0.296 e. The normalized spacial score (nSPS) is 10.6. The monoisotopic (exact) mass is 270 g/mol. The third-order valence-corrected chi connectivity index (χ3v) is 2.57. The highest BCUT2D eigenvalue weighted by atomic mass is 16.5. The molecule has 2 rings (SSSR count). The summed E-state index contributed by atoms with van der Waals surface area (Å²) in [4.78, 5) is 15.4. The lowest BCUT2D eigenvalue weighted by Gasteiger charge is -1.99. The van der Waals surface area contributed by atoms with Crippen LogP contribution in [0.3, 0.4) is 0 Å². The maximum absolute atomic E-state index is 11.6. The largest absolute Gasteiger partial charge is 0.619 e. The number of aryl methyl sites for hydroxylation is 1. The maximum atomic E-state index is 11.6. The molecule has 0 bridgehead atoms. The Morgan fingerprint density at radius 3 is 2.95 bits per heavy atom. The fourth-order valence-electron chi connectivity index (χ4n) is 1.60. The average molecular weight is 270 g/mol. The molecule has 0 aliphatic carbocycles. The van der Waals surface area contributed by atoms with Gasteiger partial charge in [0.25, 0.3) is 5.91 Å². The van der Waals surface area contributed by atoms with Gasteiger partial charge in [0.05, 0.1) is 6.20 Å². The molecule has 1 heterocycles. The van der Waals surface area contributed by atoms with Gasteiger partial charge in [0, 0.05) is 6.21 Å². The first-order valence-electron chi connectivity index (χ1n) is 6.16. The number of hydrazone groups is 1. The quantitative estimate of drug-likeness (QED) is 0.382. The van der Waals surface area contributed by atoms with Crippen molar-refractivity contribution in [1.82, 2.24) is 10.4 Å². The number of nitrogens with zero attached hydrogens (tertiary/aromatic N) is 3. The Labute approximate surface area is 116 Å². The molecular weight excluding hydrogens is 256 g/mol. The van der Waals surface area contributed by atoms with Crippen LogP contribution in [0.15, 0.2) is 54.0 Å². The SMILES string of the molecule is O=C(N/N=C/CCc1ccccc1)c1c[n+]([O-])ccn1. The fourth-order valence-corrected chi connectivity index (χ4v) is 1.60. The van der Waals surface area contributed by atoms with Crippen LogP contribution < -0.4 is 10.2 Å². The van der Waals surface area contributed by atoms with E-state index in [0.29, 0.717) is 11.2 Å². The zero-order valence-corrected chi connectivity index (χ0v) is 10.8. The van der Waals surface area contributed by atoms with Crippen molar-refractivity contribution in [3.05, 3.63) is 65.4 Å². The summed E-state index contributed by atoms with van der Waals surface area (Å²) in [5, 5.41) is 14.8. The van der Waals surface area contributed by atoms with Gasteiger partial charge in [-0.15, -0.1) is 0 Å². The van der Waals surface area contributed by atoms with Crippen molar-refractivity contribution < 1.29 is 9.52 Å². The lowest BCUT2D eigenvalue weighted by Crippen LogP contribution is -2.29. The lowest BCUT2D eigenvalue weighted by atomic mass is 10.1. The molecule has 0 unspecified atom stereocenters. The Hall–Kier alpha value is -2.76. The summed E-state index contributed by atoms with van der Waals surface area (Å²) in [6, 6.07) is 9.99. The molecule has 0 fully saturated rings. The van der Waals surface area contributed by atoms with Crippen LogP contribution in [-0.2, 0) is 6.42 Å². The van der Waals surface area contributed by atoms with Crippen molar-refractivity contribution in [1.29, 1.82) is 0 Å². The van der Waals surface area contributed by atoms with Crippen LogP contribution in [-0.4, -0.2) is 17.1 Å². The Balaban J connectivity index is 1.77. The van der Waals surface area contributed by atoms with E-state index in [4.69, 9.17) is 0 Å². The van der Waals surface area contributed by atoms with Crippen LogP contribution in [0.2, 0.25) is 0 Å². The number of carbonyl (C=O) groups excluding carboxylic acids is 1. The molecule has 0 saturated carbocycles. The first-order chi connectivity index (χ1) is 9.75. The molecule has 0 radical (unpaired) electrons. The van der Waals surface area contributed by atoms with Crippen molar-refractivity contribution in [3.63, 3.8) is 0 Å². The molecule has 1 amide bonds. The molecule has 1 aromatic carbocycles. The molecule has 6 nitrogen and oxygen atoms in total. The van der Waals surface area contributed by atoms with Crippen LogP contribution in [0.1, 0.15) is 22.5 Å². The molecule has 0 saturated heterocycles. The van der Waals surface area contributed by atoms with Crippen LogP contribution in [0.4, 0.5) is 0 Å². The highest BCUT2D eigenvalue weighted by Crippen LogP contribution is 2.00. The van der Waals surface area contributed by atoms with Gasteiger partial charge in [-0.1, -0.05) is 30.3 Å². The van der Waals surface area contributed by atoms with Crippen LogP contribution in [0.25, 0.3) is 0 Å². The van der Waals surface area contributed by atoms with E-state index in [-0.39, 0.29) is 5.69 Å². The summed E-state index contributed by atoms with van der Waals surface area (Å²) in [5.74, 6) is -0.508.